The number of imidazole rings is 1. The Morgan fingerprint density at radius 2 is 2.15 bits per heavy atom. The lowest BCUT2D eigenvalue weighted by Gasteiger charge is -2.22. The molecule has 7 nitrogen and oxygen atoms in total. The van der Waals surface area contributed by atoms with Crippen molar-refractivity contribution in [2.75, 3.05) is 5.32 Å². The van der Waals surface area contributed by atoms with Crippen LogP contribution in [0.5, 0.6) is 0 Å². The molecule has 3 aromatic rings. The Bertz CT molecular complexity index is 929. The van der Waals surface area contributed by atoms with Crippen LogP contribution in [-0.2, 0) is 0 Å². The topological polar surface area (TPSA) is 85.0 Å². The minimum absolute atomic E-state index is 0.112. The molecule has 2 N–H and O–H groups in total. The van der Waals surface area contributed by atoms with Crippen LogP contribution in [0.15, 0.2) is 41.3 Å². The molecule has 2 saturated carbocycles. The van der Waals surface area contributed by atoms with Crippen LogP contribution in [0, 0.1) is 0 Å². The predicted octanol–water partition coefficient (Wildman–Crippen LogP) is 3.82. The predicted molar refractivity (Wildman–Crippen MR) is 97.0 cm³/mol. The third-order valence-corrected chi connectivity index (χ3v) is 5.29. The third-order valence-electron chi connectivity index (χ3n) is 5.29. The molecule has 0 spiro atoms. The average Bonchev–Trinajstić information content (AvgIpc) is 3.01. The smallest absolute Gasteiger partial charge is 0.319 e. The van der Waals surface area contributed by atoms with E-state index in [1.807, 2.05) is 30.7 Å². The SMILES string of the molecule is O=C(Nc1ccc2oc(C3CC3)nc2c1)N[C@@H]1CCC[C@H]1n1ccnc1. The van der Waals surface area contributed by atoms with E-state index < -0.39 is 0 Å². The maximum atomic E-state index is 12.5. The molecule has 0 bridgehead atoms. The normalized spacial score (nSPS) is 22.6. The number of oxazole rings is 1. The summed E-state index contributed by atoms with van der Waals surface area (Å²) in [5.74, 6) is 1.29. The lowest BCUT2D eigenvalue weighted by Crippen LogP contribution is -2.40. The number of amides is 2. The van der Waals surface area contributed by atoms with Crippen molar-refractivity contribution < 1.29 is 9.21 Å². The van der Waals surface area contributed by atoms with E-state index in [1.165, 1.54) is 0 Å². The lowest BCUT2D eigenvalue weighted by molar-refractivity contribution is 0.245. The van der Waals surface area contributed by atoms with Crippen molar-refractivity contribution >= 4 is 22.8 Å². The summed E-state index contributed by atoms with van der Waals surface area (Å²) in [7, 11) is 0. The summed E-state index contributed by atoms with van der Waals surface area (Å²) in [5.41, 5.74) is 2.29. The first-order valence-electron chi connectivity index (χ1n) is 9.22. The van der Waals surface area contributed by atoms with Crippen LogP contribution in [0.3, 0.4) is 0 Å². The van der Waals surface area contributed by atoms with Crippen molar-refractivity contribution in [1.82, 2.24) is 19.9 Å². The second-order valence-electron chi connectivity index (χ2n) is 7.22. The zero-order valence-corrected chi connectivity index (χ0v) is 14.4. The van der Waals surface area contributed by atoms with Gasteiger partial charge in [0.15, 0.2) is 11.5 Å². The molecular formula is C19H21N5O2. The molecule has 7 heteroatoms. The molecule has 2 atom stereocenters. The molecule has 2 aliphatic carbocycles. The highest BCUT2D eigenvalue weighted by Gasteiger charge is 2.30. The van der Waals surface area contributed by atoms with Crippen molar-refractivity contribution in [2.45, 2.75) is 50.1 Å². The molecule has 0 saturated heterocycles. The number of nitrogens with zero attached hydrogens (tertiary/aromatic N) is 3. The van der Waals surface area contributed by atoms with Crippen LogP contribution < -0.4 is 10.6 Å². The first-order valence-corrected chi connectivity index (χ1v) is 9.22. The molecule has 134 valence electrons. The molecule has 26 heavy (non-hydrogen) atoms. The highest BCUT2D eigenvalue weighted by atomic mass is 16.3. The first-order chi connectivity index (χ1) is 12.8. The molecule has 0 unspecified atom stereocenters. The Morgan fingerprint density at radius 1 is 1.23 bits per heavy atom. The molecule has 2 fully saturated rings. The fourth-order valence-corrected chi connectivity index (χ4v) is 3.79. The van der Waals surface area contributed by atoms with Gasteiger partial charge in [-0.1, -0.05) is 0 Å². The number of hydrogen-bond donors (Lipinski definition) is 2. The van der Waals surface area contributed by atoms with Crippen LogP contribution in [0.2, 0.25) is 0 Å². The molecule has 1 aromatic carbocycles. The van der Waals surface area contributed by atoms with Gasteiger partial charge in [0.2, 0.25) is 0 Å². The van der Waals surface area contributed by atoms with Gasteiger partial charge in [-0.25, -0.2) is 14.8 Å². The summed E-state index contributed by atoms with van der Waals surface area (Å²) < 4.78 is 7.85. The van der Waals surface area contributed by atoms with Crippen LogP contribution in [0.25, 0.3) is 11.1 Å². The number of rotatable bonds is 4. The van der Waals surface area contributed by atoms with Gasteiger partial charge in [-0.05, 0) is 50.3 Å². The molecular weight excluding hydrogens is 330 g/mol. The highest BCUT2D eigenvalue weighted by molar-refractivity contribution is 5.91. The van der Waals surface area contributed by atoms with E-state index in [0.717, 1.165) is 54.8 Å². The second-order valence-corrected chi connectivity index (χ2v) is 7.22. The summed E-state index contributed by atoms with van der Waals surface area (Å²) >= 11 is 0. The Kier molecular flexibility index (Phi) is 3.65. The number of nitrogens with one attached hydrogen (secondary N) is 2. The van der Waals surface area contributed by atoms with Gasteiger partial charge in [0.05, 0.1) is 18.4 Å². The summed E-state index contributed by atoms with van der Waals surface area (Å²) in [6.07, 6.45) is 11.0. The lowest BCUT2D eigenvalue weighted by atomic mass is 10.2. The Labute approximate surface area is 150 Å². The van der Waals surface area contributed by atoms with Crippen LogP contribution in [0.4, 0.5) is 10.5 Å². The van der Waals surface area contributed by atoms with Crippen molar-refractivity contribution in [1.29, 1.82) is 0 Å². The average molecular weight is 351 g/mol. The Balaban J connectivity index is 1.27. The van der Waals surface area contributed by atoms with Crippen molar-refractivity contribution in [3.8, 4) is 0 Å². The van der Waals surface area contributed by atoms with E-state index in [0.29, 0.717) is 5.92 Å². The van der Waals surface area contributed by atoms with Gasteiger partial charge >= 0.3 is 6.03 Å². The number of carbonyl (C=O) groups excluding carboxylic acids is 1. The van der Waals surface area contributed by atoms with Crippen LogP contribution >= 0.6 is 0 Å². The second kappa shape index (κ2) is 6.16. The van der Waals surface area contributed by atoms with Crippen molar-refractivity contribution in [2.24, 2.45) is 0 Å². The standard InChI is InChI=1S/C19H21N5O2/c25-19(23-14-2-1-3-16(14)24-9-8-20-11-24)21-13-6-7-17-15(10-13)22-18(26-17)12-4-5-12/h6-12,14,16H,1-5H2,(H2,21,23,25)/t14-,16-/m1/s1. The number of carbonyl (C=O) groups is 1. The van der Waals surface area contributed by atoms with Gasteiger partial charge in [-0.2, -0.15) is 0 Å². The highest BCUT2D eigenvalue weighted by Crippen LogP contribution is 2.40. The van der Waals surface area contributed by atoms with Gasteiger partial charge in [0.1, 0.15) is 5.52 Å². The molecule has 2 amide bonds. The molecule has 2 aromatic heterocycles. The number of aromatic nitrogens is 3. The van der Waals surface area contributed by atoms with Gasteiger partial charge in [-0.3, -0.25) is 0 Å². The van der Waals surface area contributed by atoms with Gasteiger partial charge in [0.25, 0.3) is 0 Å². The number of benzene rings is 1. The Hall–Kier alpha value is -2.83. The zero-order valence-electron chi connectivity index (χ0n) is 14.4. The van der Waals surface area contributed by atoms with E-state index in [1.54, 1.807) is 6.20 Å². The van der Waals surface area contributed by atoms with Gasteiger partial charge < -0.3 is 19.6 Å². The maximum absolute atomic E-state index is 12.5. The molecule has 0 aliphatic heterocycles. The van der Waals surface area contributed by atoms with Crippen LogP contribution in [0.1, 0.15) is 50.0 Å². The number of hydrogen-bond acceptors (Lipinski definition) is 4. The molecule has 2 aliphatic rings. The monoisotopic (exact) mass is 351 g/mol. The first kappa shape index (κ1) is 15.4. The largest absolute Gasteiger partial charge is 0.440 e. The molecule has 5 rings (SSSR count). The maximum Gasteiger partial charge on any atom is 0.319 e. The minimum atomic E-state index is -0.188. The number of anilines is 1. The number of urea groups is 1. The van der Waals surface area contributed by atoms with E-state index in [2.05, 4.69) is 25.2 Å². The van der Waals surface area contributed by atoms with E-state index >= 15 is 0 Å². The Morgan fingerprint density at radius 3 is 2.96 bits per heavy atom. The fraction of sp³-hybridized carbons (Fsp3) is 0.421. The molecule has 0 radical (unpaired) electrons. The summed E-state index contributed by atoms with van der Waals surface area (Å²) in [6.45, 7) is 0. The summed E-state index contributed by atoms with van der Waals surface area (Å²) in [6, 6.07) is 5.78. The van der Waals surface area contributed by atoms with Crippen molar-refractivity contribution in [3.63, 3.8) is 0 Å². The number of fused-ring (bicyclic) bond motifs is 1. The zero-order chi connectivity index (χ0) is 17.5. The van der Waals surface area contributed by atoms with E-state index in [4.69, 9.17) is 4.42 Å². The van der Waals surface area contributed by atoms with E-state index in [9.17, 15) is 4.79 Å². The van der Waals surface area contributed by atoms with Crippen LogP contribution in [-0.4, -0.2) is 26.6 Å². The summed E-state index contributed by atoms with van der Waals surface area (Å²) in [4.78, 5) is 21.1. The fourth-order valence-electron chi connectivity index (χ4n) is 3.79. The van der Waals surface area contributed by atoms with Gasteiger partial charge in [0, 0.05) is 24.0 Å². The minimum Gasteiger partial charge on any atom is -0.440 e. The van der Waals surface area contributed by atoms with E-state index in [-0.39, 0.29) is 18.1 Å². The third kappa shape index (κ3) is 2.94. The molecule has 2 heterocycles. The summed E-state index contributed by atoms with van der Waals surface area (Å²) in [5, 5.41) is 6.03. The van der Waals surface area contributed by atoms with Gasteiger partial charge in [-0.15, -0.1) is 0 Å². The van der Waals surface area contributed by atoms with Crippen molar-refractivity contribution in [3.05, 3.63) is 42.8 Å². The quantitative estimate of drug-likeness (QED) is 0.748.